The number of carboxylic acids is 1. The number of carboxylic acid groups (broad SMARTS) is 1. The maximum atomic E-state index is 11.4. The Labute approximate surface area is 119 Å². The van der Waals surface area contributed by atoms with Crippen molar-refractivity contribution in [3.8, 4) is 0 Å². The van der Waals surface area contributed by atoms with Gasteiger partial charge in [-0.1, -0.05) is 0 Å². The van der Waals surface area contributed by atoms with Gasteiger partial charge < -0.3 is 20.1 Å². The van der Waals surface area contributed by atoms with Crippen LogP contribution in [0.4, 0.5) is 4.79 Å². The van der Waals surface area contributed by atoms with E-state index < -0.39 is 17.7 Å². The fourth-order valence-electron chi connectivity index (χ4n) is 1.33. The van der Waals surface area contributed by atoms with E-state index in [1.807, 2.05) is 0 Å². The van der Waals surface area contributed by atoms with E-state index in [9.17, 15) is 9.59 Å². The second kappa shape index (κ2) is 7.52. The van der Waals surface area contributed by atoms with Crippen LogP contribution >= 0.6 is 0 Å². The Kier molecular flexibility index (Phi) is 6.75. The summed E-state index contributed by atoms with van der Waals surface area (Å²) in [5, 5.41) is 11.5. The lowest BCUT2D eigenvalue weighted by Gasteiger charge is -2.22. The van der Waals surface area contributed by atoms with Crippen LogP contribution in [0.2, 0.25) is 0 Å². The van der Waals surface area contributed by atoms with E-state index in [2.05, 4.69) is 17.0 Å². The topological polar surface area (TPSA) is 91.2 Å². The number of rotatable bonds is 6. The quantitative estimate of drug-likeness (QED) is 0.569. The van der Waals surface area contributed by atoms with Crippen LogP contribution < -0.4 is 5.32 Å². The number of aliphatic imine (C=N–C) groups is 1. The molecule has 0 atom stereocenters. The van der Waals surface area contributed by atoms with E-state index in [0.29, 0.717) is 18.8 Å². The normalized spacial score (nSPS) is 12.2. The minimum atomic E-state index is -1.13. The van der Waals surface area contributed by atoms with Gasteiger partial charge in [0.05, 0.1) is 0 Å². The summed E-state index contributed by atoms with van der Waals surface area (Å²) in [6, 6.07) is 0. The second-order valence-electron chi connectivity index (χ2n) is 5.25. The average Bonchev–Trinajstić information content (AvgIpc) is 2.26. The molecular formula is C13H23N3O4. The highest BCUT2D eigenvalue weighted by atomic mass is 16.6. The number of alkyl carbamates (subject to hydrolysis) is 1. The number of amides is 1. The molecule has 0 aromatic carbocycles. The SMILES string of the molecule is C=N/C(C(=O)O)=C(/C)N(C)CCNC(=O)OC(C)(C)C. The summed E-state index contributed by atoms with van der Waals surface area (Å²) in [5.74, 6) is -1.13. The molecule has 0 rings (SSSR count). The van der Waals surface area contributed by atoms with E-state index >= 15 is 0 Å². The Hall–Kier alpha value is -2.05. The van der Waals surface area contributed by atoms with Gasteiger partial charge in [-0.05, 0) is 34.4 Å². The van der Waals surface area contributed by atoms with Gasteiger partial charge in [0.1, 0.15) is 5.60 Å². The summed E-state index contributed by atoms with van der Waals surface area (Å²) in [5.41, 5.74) is -0.182. The van der Waals surface area contributed by atoms with Gasteiger partial charge in [-0.2, -0.15) is 0 Å². The molecule has 7 nitrogen and oxygen atoms in total. The third-order valence-electron chi connectivity index (χ3n) is 2.39. The minimum absolute atomic E-state index is 0.107. The van der Waals surface area contributed by atoms with Gasteiger partial charge in [0.15, 0.2) is 5.70 Å². The Balaban J connectivity index is 4.37. The summed E-state index contributed by atoms with van der Waals surface area (Å²) < 4.78 is 5.08. The summed E-state index contributed by atoms with van der Waals surface area (Å²) >= 11 is 0. The number of allylic oxidation sites excluding steroid dienone is 1. The van der Waals surface area contributed by atoms with Crippen molar-refractivity contribution >= 4 is 18.8 Å². The van der Waals surface area contributed by atoms with Crippen molar-refractivity contribution in [2.75, 3.05) is 20.1 Å². The van der Waals surface area contributed by atoms with Crippen LogP contribution in [0.1, 0.15) is 27.7 Å². The molecule has 0 fully saturated rings. The number of aliphatic carboxylic acids is 1. The van der Waals surface area contributed by atoms with Crippen molar-refractivity contribution in [3.63, 3.8) is 0 Å². The fraction of sp³-hybridized carbons (Fsp3) is 0.615. The van der Waals surface area contributed by atoms with Gasteiger partial charge >= 0.3 is 12.1 Å². The standard InChI is InChI=1S/C13H23N3O4/c1-9(10(14-5)11(17)18)16(6)8-7-15-12(19)20-13(2,3)4/h5,7-8H2,1-4,6H3,(H,15,19)(H,17,18)/b10-9-. The zero-order chi connectivity index (χ0) is 15.9. The van der Waals surface area contributed by atoms with Crippen LogP contribution in [0.3, 0.4) is 0 Å². The summed E-state index contributed by atoms with van der Waals surface area (Å²) in [7, 11) is 1.71. The van der Waals surface area contributed by atoms with Crippen molar-refractivity contribution in [2.45, 2.75) is 33.3 Å². The molecule has 0 spiro atoms. The zero-order valence-corrected chi connectivity index (χ0v) is 12.7. The highest BCUT2D eigenvalue weighted by Gasteiger charge is 2.16. The van der Waals surface area contributed by atoms with Crippen molar-refractivity contribution in [1.82, 2.24) is 10.2 Å². The molecule has 0 aromatic heterocycles. The smallest absolute Gasteiger partial charge is 0.407 e. The number of carbonyl (C=O) groups excluding carboxylic acids is 1. The number of nitrogens with zero attached hydrogens (tertiary/aromatic N) is 2. The highest BCUT2D eigenvalue weighted by Crippen LogP contribution is 2.09. The first kappa shape index (κ1) is 17.9. The zero-order valence-electron chi connectivity index (χ0n) is 12.7. The monoisotopic (exact) mass is 285 g/mol. The molecule has 1 amide bonds. The fourth-order valence-corrected chi connectivity index (χ4v) is 1.33. The summed E-state index contributed by atoms with van der Waals surface area (Å²) in [4.78, 5) is 27.5. The Bertz CT molecular complexity index is 410. The number of likely N-dealkylation sites (N-methyl/N-ethyl adjacent to an activating group) is 1. The van der Waals surface area contributed by atoms with Crippen LogP contribution in [-0.2, 0) is 9.53 Å². The molecule has 0 heterocycles. The largest absolute Gasteiger partial charge is 0.476 e. The van der Waals surface area contributed by atoms with Crippen LogP contribution in [0.25, 0.3) is 0 Å². The van der Waals surface area contributed by atoms with Crippen molar-refractivity contribution in [2.24, 2.45) is 4.99 Å². The predicted molar refractivity (Wildman–Crippen MR) is 76.8 cm³/mol. The van der Waals surface area contributed by atoms with E-state index in [1.54, 1.807) is 39.6 Å². The van der Waals surface area contributed by atoms with E-state index in [4.69, 9.17) is 9.84 Å². The maximum absolute atomic E-state index is 11.4. The van der Waals surface area contributed by atoms with Gasteiger partial charge in [0.2, 0.25) is 0 Å². The van der Waals surface area contributed by atoms with Crippen LogP contribution in [0, 0.1) is 0 Å². The molecule has 0 unspecified atom stereocenters. The lowest BCUT2D eigenvalue weighted by Crippen LogP contribution is -2.36. The molecule has 7 heteroatoms. The predicted octanol–water partition coefficient (Wildman–Crippen LogP) is 1.46. The van der Waals surface area contributed by atoms with Gasteiger partial charge in [-0.3, -0.25) is 4.99 Å². The number of carbonyl (C=O) groups is 2. The molecule has 0 aliphatic carbocycles. The molecule has 2 N–H and O–H groups in total. The minimum Gasteiger partial charge on any atom is -0.476 e. The van der Waals surface area contributed by atoms with Gasteiger partial charge in [0.25, 0.3) is 0 Å². The van der Waals surface area contributed by atoms with Crippen molar-refractivity contribution < 1.29 is 19.4 Å². The number of nitrogens with one attached hydrogen (secondary N) is 1. The van der Waals surface area contributed by atoms with Crippen LogP contribution in [-0.4, -0.2) is 54.5 Å². The second-order valence-corrected chi connectivity index (χ2v) is 5.25. The number of hydrogen-bond donors (Lipinski definition) is 2. The van der Waals surface area contributed by atoms with E-state index in [1.165, 1.54) is 0 Å². The first-order chi connectivity index (χ1) is 9.08. The lowest BCUT2D eigenvalue weighted by molar-refractivity contribution is -0.132. The molecule has 0 saturated heterocycles. The molecule has 0 aliphatic heterocycles. The van der Waals surface area contributed by atoms with Crippen LogP contribution in [0.5, 0.6) is 0 Å². The number of hydrogen-bond acceptors (Lipinski definition) is 5. The molecular weight excluding hydrogens is 262 g/mol. The van der Waals surface area contributed by atoms with Crippen molar-refractivity contribution in [1.29, 1.82) is 0 Å². The molecule has 0 saturated carbocycles. The van der Waals surface area contributed by atoms with Gasteiger partial charge in [-0.15, -0.1) is 0 Å². The maximum Gasteiger partial charge on any atom is 0.407 e. The Morgan fingerprint density at radius 1 is 1.40 bits per heavy atom. The molecule has 0 aliphatic rings. The van der Waals surface area contributed by atoms with Gasteiger partial charge in [0, 0.05) is 25.8 Å². The van der Waals surface area contributed by atoms with E-state index in [0.717, 1.165) is 0 Å². The lowest BCUT2D eigenvalue weighted by atomic mass is 10.2. The molecule has 114 valence electrons. The van der Waals surface area contributed by atoms with Crippen molar-refractivity contribution in [3.05, 3.63) is 11.4 Å². The molecule has 0 radical (unpaired) electrons. The number of ether oxygens (including phenoxy) is 1. The first-order valence-electron chi connectivity index (χ1n) is 6.17. The Morgan fingerprint density at radius 2 is 1.95 bits per heavy atom. The first-order valence-corrected chi connectivity index (χ1v) is 6.17. The van der Waals surface area contributed by atoms with Gasteiger partial charge in [-0.25, -0.2) is 9.59 Å². The molecule has 20 heavy (non-hydrogen) atoms. The molecule has 0 aromatic rings. The van der Waals surface area contributed by atoms with E-state index in [-0.39, 0.29) is 5.70 Å². The van der Waals surface area contributed by atoms with Crippen LogP contribution in [0.15, 0.2) is 16.4 Å². The Morgan fingerprint density at radius 3 is 2.35 bits per heavy atom. The summed E-state index contributed by atoms with van der Waals surface area (Å²) in [6.45, 7) is 10.9. The average molecular weight is 285 g/mol. The highest BCUT2D eigenvalue weighted by molar-refractivity contribution is 5.87. The summed E-state index contributed by atoms with van der Waals surface area (Å²) in [6.07, 6.45) is -0.507. The third-order valence-corrected chi connectivity index (χ3v) is 2.39. The molecule has 0 bridgehead atoms. The third kappa shape index (κ3) is 6.77.